The summed E-state index contributed by atoms with van der Waals surface area (Å²) in [6.07, 6.45) is 0. The second-order valence-electron chi connectivity index (χ2n) is 8.98. The summed E-state index contributed by atoms with van der Waals surface area (Å²) in [5, 5.41) is 16.6. The molecule has 2 N–H and O–H groups in total. The van der Waals surface area contributed by atoms with Crippen LogP contribution in [0.4, 0.5) is 0 Å². The minimum atomic E-state index is -4.07. The Morgan fingerprint density at radius 2 is 1.02 bits per heavy atom. The lowest BCUT2D eigenvalue weighted by molar-refractivity contribution is -0.253. The van der Waals surface area contributed by atoms with Gasteiger partial charge in [-0.3, -0.25) is 5.26 Å². The standard InChI is InChI=1S/C28H14Cl8O10S/c29-19-15(9-43-40)16(20(30)24(34)23(19)33)10-44-46-12-3-7-14(8-4-12)47(41,42)13-5-1-11(2-6-13)45-28(39)18-17(27(37)38)21(31)25(35)26(36)22(18)32/h1-8,40H,9-10H2,(H,37,38). The van der Waals surface area contributed by atoms with Gasteiger partial charge in [-0.05, 0) is 48.5 Å². The van der Waals surface area contributed by atoms with E-state index in [1.54, 1.807) is 0 Å². The van der Waals surface area contributed by atoms with E-state index in [1.807, 2.05) is 0 Å². The van der Waals surface area contributed by atoms with Gasteiger partial charge in [0.05, 0.1) is 61.1 Å². The number of hydrogen-bond donors (Lipinski definition) is 2. The summed E-state index contributed by atoms with van der Waals surface area (Å²) in [7, 11) is -4.07. The summed E-state index contributed by atoms with van der Waals surface area (Å²) >= 11 is 48.5. The predicted octanol–water partition coefficient (Wildman–Crippen LogP) is 10.2. The van der Waals surface area contributed by atoms with Crippen LogP contribution in [0.25, 0.3) is 0 Å². The fourth-order valence-corrected chi connectivity index (χ4v) is 7.24. The second kappa shape index (κ2) is 15.5. The number of halogens is 8. The average molecular weight is 826 g/mol. The van der Waals surface area contributed by atoms with Crippen LogP contribution in [0.3, 0.4) is 0 Å². The van der Waals surface area contributed by atoms with Crippen molar-refractivity contribution in [2.45, 2.75) is 23.0 Å². The minimum Gasteiger partial charge on any atom is -0.478 e. The summed E-state index contributed by atoms with van der Waals surface area (Å²) in [5.41, 5.74) is -0.951. The van der Waals surface area contributed by atoms with Gasteiger partial charge >= 0.3 is 11.9 Å². The van der Waals surface area contributed by atoms with Crippen LogP contribution in [0.5, 0.6) is 11.5 Å². The monoisotopic (exact) mass is 822 g/mol. The molecule has 0 amide bonds. The maximum absolute atomic E-state index is 13.2. The van der Waals surface area contributed by atoms with Crippen LogP contribution in [0.15, 0.2) is 58.3 Å². The van der Waals surface area contributed by atoms with Gasteiger partial charge in [-0.2, -0.15) is 4.89 Å². The zero-order chi connectivity index (χ0) is 34.8. The Balaban J connectivity index is 1.47. The van der Waals surface area contributed by atoms with Crippen molar-refractivity contribution in [2.24, 2.45) is 0 Å². The third-order valence-electron chi connectivity index (χ3n) is 6.20. The Bertz CT molecular complexity index is 1990. The van der Waals surface area contributed by atoms with Crippen molar-refractivity contribution in [3.8, 4) is 11.5 Å². The van der Waals surface area contributed by atoms with Crippen molar-refractivity contribution in [2.75, 3.05) is 0 Å². The highest BCUT2D eigenvalue weighted by molar-refractivity contribution is 7.91. The maximum Gasteiger partial charge on any atom is 0.346 e. The molecule has 0 fully saturated rings. The number of aromatic carboxylic acids is 1. The van der Waals surface area contributed by atoms with E-state index in [1.165, 1.54) is 36.4 Å². The first-order valence-corrected chi connectivity index (χ1v) is 16.8. The first-order chi connectivity index (χ1) is 22.1. The molecule has 0 radical (unpaired) electrons. The highest BCUT2D eigenvalue weighted by Gasteiger charge is 2.30. The second-order valence-corrected chi connectivity index (χ2v) is 14.0. The number of carbonyl (C=O) groups is 2. The van der Waals surface area contributed by atoms with Crippen LogP contribution >= 0.6 is 92.8 Å². The van der Waals surface area contributed by atoms with Crippen LogP contribution in [0.2, 0.25) is 40.2 Å². The lowest BCUT2D eigenvalue weighted by Gasteiger charge is -2.15. The van der Waals surface area contributed by atoms with Gasteiger partial charge < -0.3 is 14.7 Å². The van der Waals surface area contributed by atoms with Crippen LogP contribution in [-0.4, -0.2) is 30.7 Å². The quantitative estimate of drug-likeness (QED) is 0.0374. The molecule has 0 bridgehead atoms. The van der Waals surface area contributed by atoms with Crippen molar-refractivity contribution >= 4 is 115 Å². The minimum absolute atomic E-state index is 0.00785. The number of hydrogen-bond acceptors (Lipinski definition) is 9. The van der Waals surface area contributed by atoms with E-state index >= 15 is 0 Å². The van der Waals surface area contributed by atoms with Gasteiger partial charge in [-0.15, -0.1) is 0 Å². The topological polar surface area (TPSA) is 146 Å². The summed E-state index contributed by atoms with van der Waals surface area (Å²) in [5.74, 6) is -2.89. The van der Waals surface area contributed by atoms with Crippen LogP contribution in [-0.2, 0) is 32.8 Å². The van der Waals surface area contributed by atoms with E-state index in [0.29, 0.717) is 0 Å². The van der Waals surface area contributed by atoms with Crippen LogP contribution < -0.4 is 9.62 Å². The molecule has 4 rings (SSSR count). The number of esters is 1. The number of benzene rings is 4. The summed E-state index contributed by atoms with van der Waals surface area (Å²) in [6.45, 7) is -0.691. The molecule has 0 aliphatic carbocycles. The van der Waals surface area contributed by atoms with Gasteiger partial charge in [-0.1, -0.05) is 92.8 Å². The number of ether oxygens (including phenoxy) is 1. The van der Waals surface area contributed by atoms with Crippen molar-refractivity contribution < 1.29 is 47.8 Å². The fraction of sp³-hybridized carbons (Fsp3) is 0.0714. The van der Waals surface area contributed by atoms with E-state index < -0.39 is 42.9 Å². The third-order valence-corrected chi connectivity index (χ3v) is 11.7. The zero-order valence-electron chi connectivity index (χ0n) is 22.6. The van der Waals surface area contributed by atoms with Crippen molar-refractivity contribution in [1.82, 2.24) is 0 Å². The molecule has 4 aromatic rings. The molecule has 0 aliphatic heterocycles. The van der Waals surface area contributed by atoms with E-state index in [4.69, 9.17) is 113 Å². The maximum atomic E-state index is 13.2. The van der Waals surface area contributed by atoms with Crippen molar-refractivity contribution in [1.29, 1.82) is 0 Å². The third kappa shape index (κ3) is 7.83. The van der Waals surface area contributed by atoms with E-state index in [2.05, 4.69) is 4.89 Å². The molecule has 0 heterocycles. The molecule has 10 nitrogen and oxygen atoms in total. The molecule has 4 aromatic carbocycles. The molecule has 0 atom stereocenters. The van der Waals surface area contributed by atoms with Gasteiger partial charge in [0.1, 0.15) is 19.0 Å². The average Bonchev–Trinajstić information content (AvgIpc) is 3.04. The van der Waals surface area contributed by atoms with E-state index in [0.717, 1.165) is 12.1 Å². The summed E-state index contributed by atoms with van der Waals surface area (Å²) in [4.78, 5) is 38.9. The molecular weight excluding hydrogens is 812 g/mol. The Kier molecular flexibility index (Phi) is 12.4. The van der Waals surface area contributed by atoms with Gasteiger partial charge in [0.25, 0.3) is 0 Å². The number of carbonyl (C=O) groups excluding carboxylic acids is 1. The molecule has 0 spiro atoms. The molecule has 248 valence electrons. The zero-order valence-corrected chi connectivity index (χ0v) is 29.5. The fourth-order valence-electron chi connectivity index (χ4n) is 3.92. The van der Waals surface area contributed by atoms with Crippen LogP contribution in [0.1, 0.15) is 31.8 Å². The Morgan fingerprint density at radius 1 is 0.596 bits per heavy atom. The first-order valence-electron chi connectivity index (χ1n) is 12.3. The van der Waals surface area contributed by atoms with Crippen LogP contribution in [0, 0.1) is 0 Å². The van der Waals surface area contributed by atoms with Gasteiger partial charge in [0.15, 0.2) is 5.75 Å². The lowest BCUT2D eigenvalue weighted by atomic mass is 10.1. The number of carboxylic acids is 1. The largest absolute Gasteiger partial charge is 0.478 e. The van der Waals surface area contributed by atoms with Crippen molar-refractivity contribution in [3.05, 3.63) is 111 Å². The van der Waals surface area contributed by atoms with E-state index in [9.17, 15) is 23.1 Å². The molecule has 0 unspecified atom stereocenters. The molecule has 0 saturated carbocycles. The summed E-state index contributed by atoms with van der Waals surface area (Å²) < 4.78 is 31.6. The van der Waals surface area contributed by atoms with Crippen molar-refractivity contribution in [3.63, 3.8) is 0 Å². The SMILES string of the molecule is O=C(O)c1c(Cl)c(Cl)c(Cl)c(Cl)c1C(=O)Oc1ccc(S(=O)(=O)c2ccc(OOCc3c(Cl)c(Cl)c(Cl)c(Cl)c3COO)cc2)cc1. The smallest absolute Gasteiger partial charge is 0.346 e. The summed E-state index contributed by atoms with van der Waals surface area (Å²) in [6, 6.07) is 9.78. The molecular formula is C28H14Cl8O10S. The molecule has 0 saturated heterocycles. The predicted molar refractivity (Wildman–Crippen MR) is 176 cm³/mol. The normalized spacial score (nSPS) is 11.4. The molecule has 0 aromatic heterocycles. The van der Waals surface area contributed by atoms with E-state index in [-0.39, 0.29) is 75.8 Å². The molecule has 19 heteroatoms. The number of carboxylic acid groups (broad SMARTS) is 1. The molecule has 0 aliphatic rings. The Morgan fingerprint density at radius 3 is 1.49 bits per heavy atom. The number of rotatable bonds is 11. The van der Waals surface area contributed by atoms with Gasteiger partial charge in [-0.25, -0.2) is 22.9 Å². The van der Waals surface area contributed by atoms with Gasteiger partial charge in [0, 0.05) is 11.1 Å². The highest BCUT2D eigenvalue weighted by atomic mass is 35.5. The Labute approximate surface area is 305 Å². The highest BCUT2D eigenvalue weighted by Crippen LogP contribution is 2.43. The first kappa shape index (κ1) is 37.6. The Hall–Kier alpha value is -2.23. The number of sulfone groups is 1. The lowest BCUT2D eigenvalue weighted by Crippen LogP contribution is -2.16. The molecule has 47 heavy (non-hydrogen) atoms. The van der Waals surface area contributed by atoms with Gasteiger partial charge in [0.2, 0.25) is 9.84 Å².